The third-order valence-corrected chi connectivity index (χ3v) is 5.99. The fourth-order valence-corrected chi connectivity index (χ4v) is 3.85. The van der Waals surface area contributed by atoms with E-state index in [9.17, 15) is 9.59 Å². The molecule has 0 aliphatic rings. The number of halogens is 1. The van der Waals surface area contributed by atoms with Gasteiger partial charge >= 0.3 is 0 Å². The highest BCUT2D eigenvalue weighted by Gasteiger charge is 2.24. The van der Waals surface area contributed by atoms with Gasteiger partial charge in [0, 0.05) is 10.9 Å². The zero-order chi connectivity index (χ0) is 22.9. The SMILES string of the molecule is COc1ccc(CC(=O)N[C@H](Cc2ccccc2Br)C(=O)N[C@@H](C)c2ccccc2)cc1. The molecule has 3 aromatic rings. The van der Waals surface area contributed by atoms with Crippen molar-refractivity contribution in [3.8, 4) is 5.75 Å². The highest BCUT2D eigenvalue weighted by Crippen LogP contribution is 2.19. The molecule has 0 bridgehead atoms. The maximum Gasteiger partial charge on any atom is 0.243 e. The molecule has 2 N–H and O–H groups in total. The number of rotatable bonds is 9. The van der Waals surface area contributed by atoms with Crippen LogP contribution in [0.4, 0.5) is 0 Å². The molecule has 0 aliphatic carbocycles. The lowest BCUT2D eigenvalue weighted by molar-refractivity contribution is -0.129. The van der Waals surface area contributed by atoms with Gasteiger partial charge in [-0.3, -0.25) is 9.59 Å². The lowest BCUT2D eigenvalue weighted by Crippen LogP contribution is -2.49. The van der Waals surface area contributed by atoms with Crippen LogP contribution >= 0.6 is 15.9 Å². The number of benzene rings is 3. The van der Waals surface area contributed by atoms with Crippen molar-refractivity contribution in [3.05, 3.63) is 100 Å². The summed E-state index contributed by atoms with van der Waals surface area (Å²) < 4.78 is 6.06. The van der Waals surface area contributed by atoms with E-state index in [0.29, 0.717) is 6.42 Å². The molecule has 0 saturated heterocycles. The molecule has 166 valence electrons. The predicted octanol–water partition coefficient (Wildman–Crippen LogP) is 4.61. The van der Waals surface area contributed by atoms with Crippen molar-refractivity contribution in [2.45, 2.75) is 31.8 Å². The third kappa shape index (κ3) is 6.69. The number of methoxy groups -OCH3 is 1. The van der Waals surface area contributed by atoms with Crippen molar-refractivity contribution in [1.82, 2.24) is 10.6 Å². The predicted molar refractivity (Wildman–Crippen MR) is 129 cm³/mol. The van der Waals surface area contributed by atoms with Crippen LogP contribution in [0.2, 0.25) is 0 Å². The van der Waals surface area contributed by atoms with Crippen molar-refractivity contribution in [1.29, 1.82) is 0 Å². The van der Waals surface area contributed by atoms with Crippen LogP contribution in [-0.2, 0) is 22.4 Å². The second kappa shape index (κ2) is 11.5. The lowest BCUT2D eigenvalue weighted by Gasteiger charge is -2.22. The van der Waals surface area contributed by atoms with Crippen molar-refractivity contribution >= 4 is 27.7 Å². The van der Waals surface area contributed by atoms with Crippen LogP contribution in [0, 0.1) is 0 Å². The van der Waals surface area contributed by atoms with E-state index in [1.54, 1.807) is 7.11 Å². The smallest absolute Gasteiger partial charge is 0.243 e. The van der Waals surface area contributed by atoms with E-state index in [1.807, 2.05) is 85.8 Å². The van der Waals surface area contributed by atoms with Gasteiger partial charge in [-0.2, -0.15) is 0 Å². The van der Waals surface area contributed by atoms with E-state index in [-0.39, 0.29) is 24.3 Å². The summed E-state index contributed by atoms with van der Waals surface area (Å²) >= 11 is 3.54. The summed E-state index contributed by atoms with van der Waals surface area (Å²) in [5.74, 6) is 0.296. The first-order valence-corrected chi connectivity index (χ1v) is 11.3. The number of hydrogen-bond donors (Lipinski definition) is 2. The van der Waals surface area contributed by atoms with Gasteiger partial charge in [0.1, 0.15) is 11.8 Å². The minimum atomic E-state index is -0.703. The van der Waals surface area contributed by atoms with Crippen LogP contribution in [0.25, 0.3) is 0 Å². The molecule has 0 saturated carbocycles. The van der Waals surface area contributed by atoms with Crippen molar-refractivity contribution in [2.24, 2.45) is 0 Å². The Morgan fingerprint density at radius 3 is 2.22 bits per heavy atom. The fourth-order valence-electron chi connectivity index (χ4n) is 3.41. The number of ether oxygens (including phenoxy) is 1. The van der Waals surface area contributed by atoms with Crippen LogP contribution < -0.4 is 15.4 Å². The fraction of sp³-hybridized carbons (Fsp3) is 0.231. The Labute approximate surface area is 197 Å². The van der Waals surface area contributed by atoms with Gasteiger partial charge in [0.15, 0.2) is 0 Å². The quantitative estimate of drug-likeness (QED) is 0.456. The Morgan fingerprint density at radius 1 is 0.906 bits per heavy atom. The number of carbonyl (C=O) groups is 2. The van der Waals surface area contributed by atoms with Gasteiger partial charge in [-0.15, -0.1) is 0 Å². The molecule has 0 fully saturated rings. The number of carbonyl (C=O) groups excluding carboxylic acids is 2. The number of amides is 2. The highest BCUT2D eigenvalue weighted by molar-refractivity contribution is 9.10. The van der Waals surface area contributed by atoms with Gasteiger partial charge in [0.25, 0.3) is 0 Å². The van der Waals surface area contributed by atoms with Crippen molar-refractivity contribution in [3.63, 3.8) is 0 Å². The molecule has 0 heterocycles. The Bertz CT molecular complexity index is 1040. The first-order valence-electron chi connectivity index (χ1n) is 10.5. The Hall–Kier alpha value is -3.12. The van der Waals surface area contributed by atoms with E-state index in [4.69, 9.17) is 4.74 Å². The minimum absolute atomic E-state index is 0.177. The Balaban J connectivity index is 1.72. The topological polar surface area (TPSA) is 67.4 Å². The summed E-state index contributed by atoms with van der Waals surface area (Å²) in [6.45, 7) is 1.93. The molecule has 5 nitrogen and oxygen atoms in total. The van der Waals surface area contributed by atoms with E-state index < -0.39 is 6.04 Å². The van der Waals surface area contributed by atoms with E-state index >= 15 is 0 Å². The zero-order valence-electron chi connectivity index (χ0n) is 18.2. The van der Waals surface area contributed by atoms with E-state index in [1.165, 1.54) is 0 Å². The van der Waals surface area contributed by atoms with Crippen LogP contribution in [-0.4, -0.2) is 25.0 Å². The molecule has 3 aromatic carbocycles. The van der Waals surface area contributed by atoms with Gasteiger partial charge in [-0.05, 0) is 41.8 Å². The zero-order valence-corrected chi connectivity index (χ0v) is 19.8. The molecular weight excluding hydrogens is 468 g/mol. The van der Waals surface area contributed by atoms with Gasteiger partial charge in [-0.1, -0.05) is 76.6 Å². The molecule has 2 amide bonds. The average molecular weight is 495 g/mol. The first-order chi connectivity index (χ1) is 15.5. The molecule has 2 atom stereocenters. The molecular formula is C26H27BrN2O3. The molecule has 0 unspecified atom stereocenters. The van der Waals surface area contributed by atoms with Gasteiger partial charge in [0.2, 0.25) is 11.8 Å². The van der Waals surface area contributed by atoms with Gasteiger partial charge in [-0.25, -0.2) is 0 Å². The summed E-state index contributed by atoms with van der Waals surface area (Å²) in [5.41, 5.74) is 2.80. The monoisotopic (exact) mass is 494 g/mol. The van der Waals surface area contributed by atoms with Crippen LogP contribution in [0.1, 0.15) is 29.7 Å². The summed E-state index contributed by atoms with van der Waals surface area (Å²) in [4.78, 5) is 25.9. The Kier molecular flexibility index (Phi) is 8.45. The van der Waals surface area contributed by atoms with Crippen molar-refractivity contribution < 1.29 is 14.3 Å². The molecule has 0 spiro atoms. The lowest BCUT2D eigenvalue weighted by atomic mass is 10.0. The second-order valence-corrected chi connectivity index (χ2v) is 8.44. The van der Waals surface area contributed by atoms with Crippen LogP contribution in [0.3, 0.4) is 0 Å². The van der Waals surface area contributed by atoms with Gasteiger partial charge in [0.05, 0.1) is 19.6 Å². The summed E-state index contributed by atoms with van der Waals surface area (Å²) in [6, 6.07) is 23.9. The average Bonchev–Trinajstić information content (AvgIpc) is 2.81. The maximum atomic E-state index is 13.2. The summed E-state index contributed by atoms with van der Waals surface area (Å²) in [7, 11) is 1.60. The first kappa shape index (κ1) is 23.5. The van der Waals surface area contributed by atoms with E-state index in [0.717, 1.165) is 26.9 Å². The number of hydrogen-bond acceptors (Lipinski definition) is 3. The molecule has 0 aromatic heterocycles. The van der Waals surface area contributed by atoms with Crippen LogP contribution in [0.5, 0.6) is 5.75 Å². The van der Waals surface area contributed by atoms with Gasteiger partial charge < -0.3 is 15.4 Å². The summed E-state index contributed by atoms with van der Waals surface area (Å²) in [5, 5.41) is 5.96. The Morgan fingerprint density at radius 2 is 1.56 bits per heavy atom. The summed E-state index contributed by atoms with van der Waals surface area (Å²) in [6.07, 6.45) is 0.557. The molecule has 3 rings (SSSR count). The van der Waals surface area contributed by atoms with Crippen LogP contribution in [0.15, 0.2) is 83.3 Å². The minimum Gasteiger partial charge on any atom is -0.497 e. The second-order valence-electron chi connectivity index (χ2n) is 7.58. The molecule has 0 radical (unpaired) electrons. The van der Waals surface area contributed by atoms with Crippen molar-refractivity contribution in [2.75, 3.05) is 7.11 Å². The molecule has 0 aliphatic heterocycles. The standard InChI is InChI=1S/C26H27BrN2O3/c1-18(20-8-4-3-5-9-20)28-26(31)24(17-21-10-6-7-11-23(21)27)29-25(30)16-19-12-14-22(32-2)15-13-19/h3-15,18,24H,16-17H2,1-2H3,(H,28,31)(H,29,30)/t18-,24+/m0/s1. The number of nitrogens with one attached hydrogen (secondary N) is 2. The maximum absolute atomic E-state index is 13.2. The molecule has 6 heteroatoms. The molecule has 32 heavy (non-hydrogen) atoms. The van der Waals surface area contributed by atoms with E-state index in [2.05, 4.69) is 26.6 Å². The highest BCUT2D eigenvalue weighted by atomic mass is 79.9. The largest absolute Gasteiger partial charge is 0.497 e. The third-order valence-electron chi connectivity index (χ3n) is 5.22. The normalized spacial score (nSPS) is 12.5.